The second-order valence-corrected chi connectivity index (χ2v) is 7.38. The number of ketones is 1. The van der Waals surface area contributed by atoms with Gasteiger partial charge in [0.1, 0.15) is 6.10 Å². The van der Waals surface area contributed by atoms with Gasteiger partial charge in [-0.3, -0.25) is 14.4 Å². The lowest BCUT2D eigenvalue weighted by molar-refractivity contribution is -0.153. The Bertz CT molecular complexity index is 710. The van der Waals surface area contributed by atoms with Crippen LogP contribution in [0.3, 0.4) is 0 Å². The average Bonchev–Trinajstić information content (AvgIpc) is 2.56. The highest BCUT2D eigenvalue weighted by molar-refractivity contribution is 6.08. The van der Waals surface area contributed by atoms with Gasteiger partial charge in [-0.15, -0.1) is 0 Å². The first kappa shape index (κ1) is 19.9. The first-order chi connectivity index (χ1) is 12.1. The topological polar surface area (TPSA) is 101 Å². The van der Waals surface area contributed by atoms with Crippen LogP contribution in [0.4, 0.5) is 0 Å². The smallest absolute Gasteiger partial charge is 0.310 e. The lowest BCUT2D eigenvalue weighted by atomic mass is 9.60. The number of ether oxygens (including phenoxy) is 1. The molecule has 0 bridgehead atoms. The normalized spacial score (nSPS) is 30.0. The zero-order valence-electron chi connectivity index (χ0n) is 15.6. The standard InChI is InChI=1S/C20H26O6/c1-11(21)5-8-18(23)26-17-7-6-14-9-16(22)15(12(2)19(24)25)10-20(14,4)13(17)3/h5,9-10,12-13,17,21H,6-8H2,1-4H3,(H,24,25)/b11-5-/t12-,13+,17+,20-/m1/s1. The molecule has 6 heteroatoms. The Kier molecular flexibility index (Phi) is 5.74. The van der Waals surface area contributed by atoms with Gasteiger partial charge in [-0.25, -0.2) is 0 Å². The number of carboxylic acid groups (broad SMARTS) is 1. The Labute approximate surface area is 153 Å². The molecule has 2 N–H and O–H groups in total. The number of rotatable bonds is 5. The number of aliphatic hydroxyl groups is 1. The zero-order chi connectivity index (χ0) is 19.6. The molecule has 26 heavy (non-hydrogen) atoms. The van der Waals surface area contributed by atoms with E-state index in [1.54, 1.807) is 12.2 Å². The van der Waals surface area contributed by atoms with Gasteiger partial charge in [0.05, 0.1) is 18.1 Å². The minimum Gasteiger partial charge on any atom is -0.513 e. The summed E-state index contributed by atoms with van der Waals surface area (Å²) in [5.41, 5.74) is 0.704. The van der Waals surface area contributed by atoms with Crippen molar-refractivity contribution >= 4 is 17.7 Å². The van der Waals surface area contributed by atoms with Crippen molar-refractivity contribution in [3.63, 3.8) is 0 Å². The molecule has 4 atom stereocenters. The molecule has 2 aliphatic carbocycles. The van der Waals surface area contributed by atoms with Crippen molar-refractivity contribution < 1.29 is 29.3 Å². The number of esters is 1. The van der Waals surface area contributed by atoms with Gasteiger partial charge in [-0.2, -0.15) is 0 Å². The summed E-state index contributed by atoms with van der Waals surface area (Å²) in [4.78, 5) is 35.6. The van der Waals surface area contributed by atoms with Crippen LogP contribution < -0.4 is 0 Å². The Morgan fingerprint density at radius 2 is 2.08 bits per heavy atom. The molecule has 0 aromatic rings. The van der Waals surface area contributed by atoms with Crippen molar-refractivity contribution in [2.24, 2.45) is 17.3 Å². The molecule has 2 aliphatic rings. The summed E-state index contributed by atoms with van der Waals surface area (Å²) in [6.07, 6.45) is 5.61. The highest BCUT2D eigenvalue weighted by Crippen LogP contribution is 2.50. The van der Waals surface area contributed by atoms with Gasteiger partial charge in [0.2, 0.25) is 0 Å². The van der Waals surface area contributed by atoms with E-state index in [4.69, 9.17) is 9.84 Å². The van der Waals surface area contributed by atoms with Crippen LogP contribution in [0, 0.1) is 17.3 Å². The predicted molar refractivity (Wildman–Crippen MR) is 95.4 cm³/mol. The van der Waals surface area contributed by atoms with Gasteiger partial charge >= 0.3 is 11.9 Å². The third kappa shape index (κ3) is 3.89. The maximum atomic E-state index is 12.3. The van der Waals surface area contributed by atoms with E-state index in [0.29, 0.717) is 12.8 Å². The molecule has 0 saturated heterocycles. The summed E-state index contributed by atoms with van der Waals surface area (Å²) in [6.45, 7) is 6.90. The second kappa shape index (κ2) is 7.48. The molecule has 0 unspecified atom stereocenters. The van der Waals surface area contributed by atoms with Crippen LogP contribution in [0.1, 0.15) is 47.0 Å². The van der Waals surface area contributed by atoms with E-state index < -0.39 is 23.3 Å². The molecule has 0 radical (unpaired) electrons. The van der Waals surface area contributed by atoms with E-state index in [2.05, 4.69) is 0 Å². The van der Waals surface area contributed by atoms with Crippen LogP contribution in [0.2, 0.25) is 0 Å². The maximum Gasteiger partial charge on any atom is 0.310 e. The predicted octanol–water partition coefficient (Wildman–Crippen LogP) is 3.34. The number of carbonyl (C=O) groups is 3. The molecule has 142 valence electrons. The molecule has 0 heterocycles. The summed E-state index contributed by atoms with van der Waals surface area (Å²) < 4.78 is 5.59. The van der Waals surface area contributed by atoms with Crippen LogP contribution in [-0.2, 0) is 19.1 Å². The molecular formula is C20H26O6. The highest BCUT2D eigenvalue weighted by atomic mass is 16.5. The van der Waals surface area contributed by atoms with Crippen LogP contribution in [0.25, 0.3) is 0 Å². The number of carboxylic acids is 1. The number of aliphatic hydroxyl groups excluding tert-OH is 1. The summed E-state index contributed by atoms with van der Waals surface area (Å²) in [5.74, 6) is -2.63. The Balaban J connectivity index is 2.24. The second-order valence-electron chi connectivity index (χ2n) is 7.38. The van der Waals surface area contributed by atoms with Crippen molar-refractivity contribution in [2.75, 3.05) is 0 Å². The molecule has 0 amide bonds. The third-order valence-electron chi connectivity index (χ3n) is 5.62. The number of aliphatic carboxylic acids is 1. The van der Waals surface area contributed by atoms with E-state index >= 15 is 0 Å². The van der Waals surface area contributed by atoms with E-state index in [-0.39, 0.29) is 35.6 Å². The van der Waals surface area contributed by atoms with Crippen LogP contribution >= 0.6 is 0 Å². The zero-order valence-corrected chi connectivity index (χ0v) is 15.6. The Hall–Kier alpha value is -2.37. The van der Waals surface area contributed by atoms with Gasteiger partial charge in [-0.1, -0.05) is 25.5 Å². The average molecular weight is 362 g/mol. The van der Waals surface area contributed by atoms with Gasteiger partial charge in [-0.05, 0) is 38.8 Å². The Morgan fingerprint density at radius 3 is 2.65 bits per heavy atom. The minimum absolute atomic E-state index is 0.000583. The summed E-state index contributed by atoms with van der Waals surface area (Å²) in [6, 6.07) is 0. The summed E-state index contributed by atoms with van der Waals surface area (Å²) in [7, 11) is 0. The SMILES string of the molecule is C/C(O)=C/CC(=O)O[C@H]1CCC2=CC(=O)C([C@@H](C)C(=O)O)=C[C@]2(C)[C@H]1C. The monoisotopic (exact) mass is 362 g/mol. The first-order valence-electron chi connectivity index (χ1n) is 8.82. The highest BCUT2D eigenvalue weighted by Gasteiger charge is 2.46. The fourth-order valence-corrected chi connectivity index (χ4v) is 3.66. The molecule has 0 aliphatic heterocycles. The van der Waals surface area contributed by atoms with Crippen molar-refractivity contribution in [2.45, 2.75) is 53.1 Å². The number of fused-ring (bicyclic) bond motifs is 1. The third-order valence-corrected chi connectivity index (χ3v) is 5.62. The summed E-state index contributed by atoms with van der Waals surface area (Å²) in [5, 5.41) is 18.4. The van der Waals surface area contributed by atoms with Gasteiger partial charge in [0.25, 0.3) is 0 Å². The van der Waals surface area contributed by atoms with E-state index in [1.807, 2.05) is 13.8 Å². The molecule has 0 aromatic heterocycles. The number of carbonyl (C=O) groups excluding carboxylic acids is 2. The number of allylic oxidation sites excluding steroid dienone is 4. The fourth-order valence-electron chi connectivity index (χ4n) is 3.66. The van der Waals surface area contributed by atoms with Crippen molar-refractivity contribution in [1.82, 2.24) is 0 Å². The first-order valence-corrected chi connectivity index (χ1v) is 8.82. The molecule has 2 rings (SSSR count). The molecule has 1 saturated carbocycles. The quantitative estimate of drug-likeness (QED) is 0.574. The summed E-state index contributed by atoms with van der Waals surface area (Å²) >= 11 is 0. The fraction of sp³-hybridized carbons (Fsp3) is 0.550. The number of hydrogen-bond donors (Lipinski definition) is 2. The van der Waals surface area contributed by atoms with Crippen molar-refractivity contribution in [1.29, 1.82) is 0 Å². The molecular weight excluding hydrogens is 336 g/mol. The van der Waals surface area contributed by atoms with Crippen LogP contribution in [0.15, 0.2) is 35.1 Å². The molecule has 0 spiro atoms. The lowest BCUT2D eigenvalue weighted by Crippen LogP contribution is -2.43. The van der Waals surface area contributed by atoms with E-state index in [0.717, 1.165) is 5.57 Å². The van der Waals surface area contributed by atoms with Gasteiger partial charge in [0, 0.05) is 16.9 Å². The van der Waals surface area contributed by atoms with Crippen molar-refractivity contribution in [3.8, 4) is 0 Å². The molecule has 0 aromatic carbocycles. The largest absolute Gasteiger partial charge is 0.513 e. The molecule has 1 fully saturated rings. The number of hydrogen-bond acceptors (Lipinski definition) is 5. The van der Waals surface area contributed by atoms with Crippen molar-refractivity contribution in [3.05, 3.63) is 35.1 Å². The minimum atomic E-state index is -1.04. The van der Waals surface area contributed by atoms with Gasteiger partial charge < -0.3 is 14.9 Å². The Morgan fingerprint density at radius 1 is 1.42 bits per heavy atom. The van der Waals surface area contributed by atoms with Crippen LogP contribution in [0.5, 0.6) is 0 Å². The van der Waals surface area contributed by atoms with E-state index in [9.17, 15) is 19.5 Å². The lowest BCUT2D eigenvalue weighted by Gasteiger charge is -2.46. The van der Waals surface area contributed by atoms with Gasteiger partial charge in [0.15, 0.2) is 5.78 Å². The maximum absolute atomic E-state index is 12.3. The van der Waals surface area contributed by atoms with Crippen LogP contribution in [-0.4, -0.2) is 34.0 Å². The van der Waals surface area contributed by atoms with E-state index in [1.165, 1.54) is 19.9 Å². The molecule has 6 nitrogen and oxygen atoms in total.